The first-order chi connectivity index (χ1) is 11.1. The molecule has 0 aromatic heterocycles. The van der Waals surface area contributed by atoms with E-state index in [0.717, 1.165) is 0 Å². The number of rotatable bonds is 4. The van der Waals surface area contributed by atoms with Gasteiger partial charge in [0.1, 0.15) is 23.1 Å². The van der Waals surface area contributed by atoms with Crippen molar-refractivity contribution in [3.8, 4) is 0 Å². The second-order valence-electron chi connectivity index (χ2n) is 3.74. The molecular weight excluding hydrogens is 493 g/mol. The Hall–Kier alpha value is -1.84. The average molecular weight is 498 g/mol. The van der Waals surface area contributed by atoms with Gasteiger partial charge in [0.05, 0.1) is 0 Å². The standard InChI is InChI=1S/2C5HF6O2.H2O.Zn/c2*6-4(7,8)2(12)1-3(13)5(9,10)11;;/h2*1H;1H2;/q2*-1;;+2. The van der Waals surface area contributed by atoms with E-state index in [1.165, 1.54) is 0 Å². The van der Waals surface area contributed by atoms with Gasteiger partial charge in [0.2, 0.25) is 0 Å². The summed E-state index contributed by atoms with van der Waals surface area (Å²) in [6.45, 7) is 0. The normalized spacial score (nSPS) is 11.6. The van der Waals surface area contributed by atoms with Crippen LogP contribution in [0.2, 0.25) is 0 Å². The predicted octanol–water partition coefficient (Wildman–Crippen LogP) is 2.08. The summed E-state index contributed by atoms with van der Waals surface area (Å²) in [5.41, 5.74) is 0. The molecule has 0 radical (unpaired) electrons. The second kappa shape index (κ2) is 11.2. The van der Waals surface area contributed by atoms with E-state index in [1.54, 1.807) is 0 Å². The molecule has 28 heavy (non-hydrogen) atoms. The number of carbonyl (C=O) groups is 4. The summed E-state index contributed by atoms with van der Waals surface area (Å²) in [4.78, 5) is 39.3. The van der Waals surface area contributed by atoms with Gasteiger partial charge in [-0.25, -0.2) is 12.8 Å². The number of Topliss-reactive ketones (excluding diaryl/α,β-unsaturated/α-hetero) is 4. The van der Waals surface area contributed by atoms with Crippen molar-refractivity contribution < 1.29 is 96.8 Å². The van der Waals surface area contributed by atoms with Crippen molar-refractivity contribution >= 4 is 23.1 Å². The number of ketones is 4. The van der Waals surface area contributed by atoms with Crippen molar-refractivity contribution in [3.63, 3.8) is 0 Å². The Morgan fingerprint density at radius 1 is 0.429 bits per heavy atom. The maximum Gasteiger partial charge on any atom is 2.00 e. The fourth-order valence-electron chi connectivity index (χ4n) is 0.565. The van der Waals surface area contributed by atoms with E-state index in [9.17, 15) is 71.9 Å². The first-order valence-corrected chi connectivity index (χ1v) is 5.24. The van der Waals surface area contributed by atoms with Gasteiger partial charge in [-0.2, -0.15) is 52.7 Å². The third-order valence-electron chi connectivity index (χ3n) is 1.64. The monoisotopic (exact) mass is 496 g/mol. The molecule has 0 spiro atoms. The van der Waals surface area contributed by atoms with Gasteiger partial charge >= 0.3 is 44.2 Å². The molecule has 0 heterocycles. The summed E-state index contributed by atoms with van der Waals surface area (Å²) in [6.07, 6.45) is -23.9. The van der Waals surface area contributed by atoms with E-state index in [-0.39, 0.29) is 25.0 Å². The van der Waals surface area contributed by atoms with Gasteiger partial charge in [0, 0.05) is 0 Å². The molecule has 160 valence electrons. The third kappa shape index (κ3) is 14.2. The molecule has 0 aliphatic rings. The van der Waals surface area contributed by atoms with Gasteiger partial charge in [0.25, 0.3) is 0 Å². The minimum Gasteiger partial charge on any atom is -0.412 e. The topological polar surface area (TPSA) is 99.8 Å². The fraction of sp³-hybridized carbons (Fsp3) is 0.400. The van der Waals surface area contributed by atoms with E-state index in [2.05, 4.69) is 0 Å². The SMILES string of the molecule is O.O=C([CH-]C(=O)C(F)(F)F)C(F)(F)F.O=C([CH-]C(=O)C(F)(F)F)C(F)(F)F.[Zn+2]. The van der Waals surface area contributed by atoms with Gasteiger partial charge in [-0.1, -0.05) is 0 Å². The van der Waals surface area contributed by atoms with Crippen LogP contribution in [0.5, 0.6) is 0 Å². The Morgan fingerprint density at radius 2 is 0.536 bits per heavy atom. The van der Waals surface area contributed by atoms with E-state index in [4.69, 9.17) is 0 Å². The Labute approximate surface area is 158 Å². The van der Waals surface area contributed by atoms with Gasteiger partial charge in [-0.05, 0) is 0 Å². The van der Waals surface area contributed by atoms with Crippen molar-refractivity contribution in [1.82, 2.24) is 0 Å². The summed E-state index contributed by atoms with van der Waals surface area (Å²) >= 11 is 0. The molecule has 0 unspecified atom stereocenters. The van der Waals surface area contributed by atoms with Crippen LogP contribution in [-0.4, -0.2) is 53.3 Å². The van der Waals surface area contributed by atoms with Crippen molar-refractivity contribution in [1.29, 1.82) is 0 Å². The minimum absolute atomic E-state index is 0. The molecule has 5 nitrogen and oxygen atoms in total. The molecule has 0 amide bonds. The van der Waals surface area contributed by atoms with Gasteiger partial charge in [-0.15, -0.1) is 0 Å². The van der Waals surface area contributed by atoms with Crippen LogP contribution in [0, 0.1) is 12.8 Å². The Bertz CT molecular complexity index is 459. The van der Waals surface area contributed by atoms with E-state index in [1.807, 2.05) is 0 Å². The molecule has 2 N–H and O–H groups in total. The minimum atomic E-state index is -5.46. The molecule has 18 heteroatoms. The fourth-order valence-corrected chi connectivity index (χ4v) is 0.565. The van der Waals surface area contributed by atoms with Crippen LogP contribution in [0.1, 0.15) is 0 Å². The molecule has 0 aliphatic heterocycles. The van der Waals surface area contributed by atoms with E-state index >= 15 is 0 Å². The molecule has 0 aromatic carbocycles. The number of hydrogen-bond acceptors (Lipinski definition) is 4. The second-order valence-corrected chi connectivity index (χ2v) is 3.74. The van der Waals surface area contributed by atoms with Crippen molar-refractivity contribution in [3.05, 3.63) is 12.8 Å². The molecule has 0 bridgehead atoms. The molecule has 0 fully saturated rings. The zero-order valence-corrected chi connectivity index (χ0v) is 15.5. The zero-order chi connectivity index (χ0) is 21.7. The third-order valence-corrected chi connectivity index (χ3v) is 1.64. The predicted molar refractivity (Wildman–Crippen MR) is 56.5 cm³/mol. The Kier molecular flexibility index (Phi) is 13.5. The van der Waals surface area contributed by atoms with Crippen LogP contribution >= 0.6 is 0 Å². The summed E-state index contributed by atoms with van der Waals surface area (Å²) in [6, 6.07) is 0. The van der Waals surface area contributed by atoms with Crippen LogP contribution in [0.25, 0.3) is 0 Å². The summed E-state index contributed by atoms with van der Waals surface area (Å²) in [5.74, 6) is -11.3. The van der Waals surface area contributed by atoms with Crippen LogP contribution in [-0.2, 0) is 38.7 Å². The van der Waals surface area contributed by atoms with Crippen LogP contribution < -0.4 is 0 Å². The summed E-state index contributed by atoms with van der Waals surface area (Å²) in [7, 11) is 0. The van der Waals surface area contributed by atoms with Crippen molar-refractivity contribution in [2.24, 2.45) is 0 Å². The van der Waals surface area contributed by atoms with Crippen molar-refractivity contribution in [2.75, 3.05) is 0 Å². The molecule has 0 saturated carbocycles. The molecule has 0 aromatic rings. The molecule has 0 saturated heterocycles. The largest absolute Gasteiger partial charge is 2.00 e. The van der Waals surface area contributed by atoms with Gasteiger partial charge < -0.3 is 24.7 Å². The summed E-state index contributed by atoms with van der Waals surface area (Å²) in [5, 5.41) is 0. The smallest absolute Gasteiger partial charge is 0.412 e. The number of carbonyl (C=O) groups excluding carboxylic acids is 4. The van der Waals surface area contributed by atoms with E-state index in [0.29, 0.717) is 0 Å². The molecule has 0 atom stereocenters. The maximum atomic E-state index is 11.3. The maximum absolute atomic E-state index is 11.3. The Balaban J connectivity index is -0.000000192. The number of halogens is 12. The van der Waals surface area contributed by atoms with Gasteiger partial charge in [0.15, 0.2) is 0 Å². The van der Waals surface area contributed by atoms with Crippen LogP contribution in [0.3, 0.4) is 0 Å². The Morgan fingerprint density at radius 3 is 0.607 bits per heavy atom. The van der Waals surface area contributed by atoms with Crippen molar-refractivity contribution in [2.45, 2.75) is 24.7 Å². The summed E-state index contributed by atoms with van der Waals surface area (Å²) < 4.78 is 136. The quantitative estimate of drug-likeness (QED) is 0.257. The first-order valence-electron chi connectivity index (χ1n) is 5.24. The zero-order valence-electron chi connectivity index (χ0n) is 12.5. The first kappa shape index (κ1) is 33.7. The van der Waals surface area contributed by atoms with Crippen LogP contribution in [0.15, 0.2) is 0 Å². The number of hydrogen-bond donors (Lipinski definition) is 0. The van der Waals surface area contributed by atoms with Crippen LogP contribution in [0.4, 0.5) is 52.7 Å². The molecule has 0 aliphatic carbocycles. The van der Waals surface area contributed by atoms with Gasteiger partial charge in [-0.3, -0.25) is 0 Å². The molecule has 0 rings (SSSR count). The van der Waals surface area contributed by atoms with E-state index < -0.39 is 60.7 Å². The molecular formula is C10H4F12O5Zn. The number of alkyl halides is 12. The average Bonchev–Trinajstić information content (AvgIpc) is 2.34.